The Bertz CT molecular complexity index is 969. The number of anilines is 1. The molecular weight excluding hydrogens is 326 g/mol. The van der Waals surface area contributed by atoms with E-state index in [0.29, 0.717) is 26.2 Å². The maximum Gasteiger partial charge on any atom is 0.253 e. The molecule has 1 saturated heterocycles. The fraction of sp³-hybridized carbons (Fsp3) is 0.286. The van der Waals surface area contributed by atoms with Crippen LogP contribution in [0.25, 0.3) is 10.9 Å². The maximum absolute atomic E-state index is 12.9. The number of hydrogen-bond donors (Lipinski definition) is 2. The number of phenols is 1. The first kappa shape index (κ1) is 16.5. The van der Waals surface area contributed by atoms with Gasteiger partial charge in [-0.05, 0) is 49.7 Å². The first-order valence-corrected chi connectivity index (χ1v) is 8.96. The summed E-state index contributed by atoms with van der Waals surface area (Å²) in [5.41, 5.74) is 4.97. The molecule has 3 aromatic rings. The Hall–Kier alpha value is -2.95. The lowest BCUT2D eigenvalue weighted by Gasteiger charge is -2.36. The molecule has 2 aromatic carbocycles. The van der Waals surface area contributed by atoms with Crippen LogP contribution in [0.2, 0.25) is 0 Å². The van der Waals surface area contributed by atoms with Crippen molar-refractivity contribution in [1.82, 2.24) is 9.88 Å². The van der Waals surface area contributed by atoms with E-state index in [1.165, 1.54) is 5.56 Å². The highest BCUT2D eigenvalue weighted by Crippen LogP contribution is 2.28. The van der Waals surface area contributed by atoms with Gasteiger partial charge in [-0.2, -0.15) is 0 Å². The Morgan fingerprint density at radius 3 is 2.50 bits per heavy atom. The second kappa shape index (κ2) is 6.41. The molecule has 0 atom stereocenters. The number of para-hydroxylation sites is 2. The van der Waals surface area contributed by atoms with Crippen molar-refractivity contribution in [2.24, 2.45) is 0 Å². The molecule has 0 radical (unpaired) electrons. The molecule has 0 spiro atoms. The van der Waals surface area contributed by atoms with Crippen molar-refractivity contribution < 1.29 is 9.90 Å². The fourth-order valence-corrected chi connectivity index (χ4v) is 3.66. The molecule has 4 rings (SSSR count). The molecule has 134 valence electrons. The molecule has 0 aliphatic carbocycles. The van der Waals surface area contributed by atoms with Crippen LogP contribution in [0.4, 0.5) is 5.69 Å². The van der Waals surface area contributed by atoms with Crippen LogP contribution >= 0.6 is 0 Å². The van der Waals surface area contributed by atoms with Crippen molar-refractivity contribution in [3.05, 3.63) is 59.3 Å². The van der Waals surface area contributed by atoms with Crippen LogP contribution in [0.15, 0.2) is 42.5 Å². The average Bonchev–Trinajstić information content (AvgIpc) is 2.95. The molecule has 0 bridgehead atoms. The van der Waals surface area contributed by atoms with Gasteiger partial charge >= 0.3 is 0 Å². The highest BCUT2D eigenvalue weighted by Gasteiger charge is 2.23. The van der Waals surface area contributed by atoms with E-state index in [4.69, 9.17) is 0 Å². The number of nitrogens with zero attached hydrogens (tertiary/aromatic N) is 2. The van der Waals surface area contributed by atoms with Crippen LogP contribution in [0.3, 0.4) is 0 Å². The lowest BCUT2D eigenvalue weighted by Crippen LogP contribution is -2.48. The number of piperazine rings is 1. The van der Waals surface area contributed by atoms with Gasteiger partial charge in [0.25, 0.3) is 5.91 Å². The second-order valence-electron chi connectivity index (χ2n) is 6.90. The van der Waals surface area contributed by atoms with Crippen LogP contribution in [-0.4, -0.2) is 47.1 Å². The molecule has 5 nitrogen and oxygen atoms in total. The summed E-state index contributed by atoms with van der Waals surface area (Å²) in [7, 11) is 0. The molecule has 2 N–H and O–H groups in total. The van der Waals surface area contributed by atoms with E-state index in [-0.39, 0.29) is 11.7 Å². The second-order valence-corrected chi connectivity index (χ2v) is 6.90. The largest absolute Gasteiger partial charge is 0.506 e. The molecule has 0 unspecified atom stereocenters. The fourth-order valence-electron chi connectivity index (χ4n) is 3.66. The lowest BCUT2D eigenvalue weighted by molar-refractivity contribution is 0.0747. The van der Waals surface area contributed by atoms with Crippen LogP contribution in [-0.2, 0) is 0 Å². The zero-order valence-corrected chi connectivity index (χ0v) is 15.1. The summed E-state index contributed by atoms with van der Waals surface area (Å²) in [6.07, 6.45) is 0. The third-order valence-electron chi connectivity index (χ3n) is 5.34. The van der Waals surface area contributed by atoms with Gasteiger partial charge < -0.3 is 19.9 Å². The van der Waals surface area contributed by atoms with Crippen molar-refractivity contribution >= 4 is 22.5 Å². The number of carbonyl (C=O) groups is 1. The van der Waals surface area contributed by atoms with Crippen molar-refractivity contribution in [3.8, 4) is 5.75 Å². The summed E-state index contributed by atoms with van der Waals surface area (Å²) in [6.45, 7) is 6.86. The van der Waals surface area contributed by atoms with E-state index < -0.39 is 0 Å². The summed E-state index contributed by atoms with van der Waals surface area (Å²) < 4.78 is 0. The molecule has 1 aliphatic rings. The number of fused-ring (bicyclic) bond motifs is 1. The predicted octanol–water partition coefficient (Wildman–Crippen LogP) is 3.45. The van der Waals surface area contributed by atoms with Crippen molar-refractivity contribution in [1.29, 1.82) is 0 Å². The van der Waals surface area contributed by atoms with Crippen LogP contribution < -0.4 is 4.90 Å². The monoisotopic (exact) mass is 349 g/mol. The van der Waals surface area contributed by atoms with Crippen LogP contribution in [0, 0.1) is 13.8 Å². The van der Waals surface area contributed by atoms with Gasteiger partial charge in [-0.15, -0.1) is 0 Å². The Labute approximate surface area is 152 Å². The molecular formula is C21H23N3O2. The molecule has 0 saturated carbocycles. The first-order valence-electron chi connectivity index (χ1n) is 8.96. The number of amides is 1. The van der Waals surface area contributed by atoms with Gasteiger partial charge in [0.05, 0.1) is 5.69 Å². The number of benzene rings is 2. The summed E-state index contributed by atoms with van der Waals surface area (Å²) in [5, 5.41) is 11.1. The number of H-pyrrole nitrogens is 1. The zero-order valence-electron chi connectivity index (χ0n) is 15.1. The van der Waals surface area contributed by atoms with E-state index >= 15 is 0 Å². The Morgan fingerprint density at radius 1 is 1.04 bits per heavy atom. The summed E-state index contributed by atoms with van der Waals surface area (Å²) in [6, 6.07) is 13.2. The number of nitrogens with one attached hydrogen (secondary N) is 1. The van der Waals surface area contributed by atoms with E-state index in [0.717, 1.165) is 27.8 Å². The minimum Gasteiger partial charge on any atom is -0.506 e. The normalized spacial score (nSPS) is 14.8. The standard InChI is InChI=1S/C21H23N3O2/c1-14-15(2)22-18-8-7-16(13-17(14)18)21(26)24-11-9-23(10-12-24)19-5-3-4-6-20(19)25/h3-8,13,22,25H,9-12H2,1-2H3. The third kappa shape index (κ3) is 2.79. The zero-order chi connectivity index (χ0) is 18.3. The van der Waals surface area contributed by atoms with Gasteiger partial charge in [-0.25, -0.2) is 0 Å². The number of aromatic nitrogens is 1. The van der Waals surface area contributed by atoms with E-state index in [2.05, 4.69) is 23.7 Å². The average molecular weight is 349 g/mol. The highest BCUT2D eigenvalue weighted by molar-refractivity contribution is 5.99. The quantitative estimate of drug-likeness (QED) is 0.745. The molecule has 26 heavy (non-hydrogen) atoms. The van der Waals surface area contributed by atoms with Gasteiger partial charge in [0.15, 0.2) is 0 Å². The minimum atomic E-state index is 0.0714. The molecule has 2 heterocycles. The smallest absolute Gasteiger partial charge is 0.253 e. The van der Waals surface area contributed by atoms with E-state index in [1.54, 1.807) is 6.07 Å². The Morgan fingerprint density at radius 2 is 1.77 bits per heavy atom. The van der Waals surface area contributed by atoms with Crippen LogP contribution in [0.1, 0.15) is 21.6 Å². The summed E-state index contributed by atoms with van der Waals surface area (Å²) in [5.74, 6) is 0.359. The van der Waals surface area contributed by atoms with E-state index in [9.17, 15) is 9.90 Å². The Kier molecular flexibility index (Phi) is 4.07. The molecule has 5 heteroatoms. The predicted molar refractivity (Wildman–Crippen MR) is 104 cm³/mol. The lowest BCUT2D eigenvalue weighted by atomic mass is 10.1. The van der Waals surface area contributed by atoms with Crippen molar-refractivity contribution in [2.75, 3.05) is 31.1 Å². The van der Waals surface area contributed by atoms with Gasteiger partial charge in [-0.3, -0.25) is 4.79 Å². The number of aryl methyl sites for hydroxylation is 2. The van der Waals surface area contributed by atoms with Gasteiger partial charge in [0.2, 0.25) is 0 Å². The number of carbonyl (C=O) groups excluding carboxylic acids is 1. The van der Waals surface area contributed by atoms with Crippen molar-refractivity contribution in [2.45, 2.75) is 13.8 Å². The minimum absolute atomic E-state index is 0.0714. The van der Waals surface area contributed by atoms with Gasteiger partial charge in [-0.1, -0.05) is 12.1 Å². The van der Waals surface area contributed by atoms with Gasteiger partial charge in [0, 0.05) is 48.3 Å². The molecule has 1 aliphatic heterocycles. The van der Waals surface area contributed by atoms with Crippen LogP contribution in [0.5, 0.6) is 5.75 Å². The number of rotatable bonds is 2. The SMILES string of the molecule is Cc1[nH]c2ccc(C(=O)N3CCN(c4ccccc4O)CC3)cc2c1C. The van der Waals surface area contributed by atoms with Gasteiger partial charge in [0.1, 0.15) is 5.75 Å². The summed E-state index contributed by atoms with van der Waals surface area (Å²) in [4.78, 5) is 20.3. The number of hydrogen-bond acceptors (Lipinski definition) is 3. The maximum atomic E-state index is 12.9. The number of phenolic OH excluding ortho intramolecular Hbond substituents is 1. The third-order valence-corrected chi connectivity index (χ3v) is 5.34. The Balaban J connectivity index is 1.50. The first-order chi connectivity index (χ1) is 12.5. The highest BCUT2D eigenvalue weighted by atomic mass is 16.3. The molecule has 1 amide bonds. The van der Waals surface area contributed by atoms with E-state index in [1.807, 2.05) is 41.3 Å². The topological polar surface area (TPSA) is 59.6 Å². The number of aromatic amines is 1. The van der Waals surface area contributed by atoms with Crippen molar-refractivity contribution in [3.63, 3.8) is 0 Å². The summed E-state index contributed by atoms with van der Waals surface area (Å²) >= 11 is 0. The molecule has 1 aromatic heterocycles. The number of aromatic hydroxyl groups is 1. The molecule has 1 fully saturated rings.